The lowest BCUT2D eigenvalue weighted by Gasteiger charge is -1.63. The zero-order valence-corrected chi connectivity index (χ0v) is 4.55. The summed E-state index contributed by atoms with van der Waals surface area (Å²) in [6.07, 6.45) is 1.75. The standard InChI is InChI=1S/C3H6.CH3NO2/c1-3-2;1-2(3)4/h3H,1H2,2H3;1H3. The van der Waals surface area contributed by atoms with Crippen LogP contribution in [0.15, 0.2) is 12.7 Å². The van der Waals surface area contributed by atoms with Crippen molar-refractivity contribution in [3.63, 3.8) is 0 Å². The van der Waals surface area contributed by atoms with Gasteiger partial charge in [-0.1, -0.05) is 6.08 Å². The van der Waals surface area contributed by atoms with Crippen molar-refractivity contribution in [1.82, 2.24) is 0 Å². The minimum atomic E-state index is -0.500. The summed E-state index contributed by atoms with van der Waals surface area (Å²) >= 11 is 0. The number of hydrogen-bond acceptors (Lipinski definition) is 2. The number of rotatable bonds is 0. The molecule has 0 aliphatic rings. The summed E-state index contributed by atoms with van der Waals surface area (Å²) in [4.78, 5) is 8.31. The Morgan fingerprint density at radius 1 is 1.86 bits per heavy atom. The Kier molecular flexibility index (Phi) is 12.1. The number of nitro groups is 1. The Morgan fingerprint density at radius 2 is 1.86 bits per heavy atom. The third-order valence-corrected chi connectivity index (χ3v) is 0. The highest BCUT2D eigenvalue weighted by Crippen LogP contribution is 1.39. The maximum atomic E-state index is 8.81. The van der Waals surface area contributed by atoms with Crippen molar-refractivity contribution < 1.29 is 4.92 Å². The lowest BCUT2D eigenvalue weighted by molar-refractivity contribution is -0.445. The van der Waals surface area contributed by atoms with Gasteiger partial charge in [-0.3, -0.25) is 10.1 Å². The molecule has 3 nitrogen and oxygen atoms in total. The fourth-order valence-corrected chi connectivity index (χ4v) is 0. The first-order valence-corrected chi connectivity index (χ1v) is 1.80. The summed E-state index contributed by atoms with van der Waals surface area (Å²) < 4.78 is 0. The van der Waals surface area contributed by atoms with E-state index in [1.165, 1.54) is 0 Å². The Bertz CT molecular complexity index is 56.7. The van der Waals surface area contributed by atoms with Gasteiger partial charge in [0.25, 0.3) is 0 Å². The van der Waals surface area contributed by atoms with E-state index >= 15 is 0 Å². The third kappa shape index (κ3) is 68.5. The summed E-state index contributed by atoms with van der Waals surface area (Å²) in [6, 6.07) is 0. The molecular formula is C4H9NO2. The van der Waals surface area contributed by atoms with Gasteiger partial charge in [-0.05, 0) is 6.92 Å². The van der Waals surface area contributed by atoms with Gasteiger partial charge in [0.15, 0.2) is 7.05 Å². The van der Waals surface area contributed by atoms with E-state index in [0.717, 1.165) is 7.05 Å². The molecule has 0 amide bonds. The van der Waals surface area contributed by atoms with Crippen LogP contribution < -0.4 is 0 Å². The van der Waals surface area contributed by atoms with Crippen LogP contribution in [0.4, 0.5) is 0 Å². The molecule has 0 saturated heterocycles. The molecule has 0 N–H and O–H groups in total. The van der Waals surface area contributed by atoms with Gasteiger partial charge in [0.1, 0.15) is 0 Å². The number of allylic oxidation sites excluding steroid dienone is 1. The van der Waals surface area contributed by atoms with Crippen LogP contribution >= 0.6 is 0 Å². The average Bonchev–Trinajstić information content (AvgIpc) is 1.33. The first-order valence-electron chi connectivity index (χ1n) is 1.80. The van der Waals surface area contributed by atoms with Crippen LogP contribution in [0.3, 0.4) is 0 Å². The van der Waals surface area contributed by atoms with Gasteiger partial charge >= 0.3 is 0 Å². The van der Waals surface area contributed by atoms with Crippen LogP contribution in [0.25, 0.3) is 0 Å². The molecule has 0 atom stereocenters. The average molecular weight is 103 g/mol. The van der Waals surface area contributed by atoms with Crippen LogP contribution in [0.2, 0.25) is 0 Å². The highest BCUT2D eigenvalue weighted by atomic mass is 16.6. The van der Waals surface area contributed by atoms with E-state index in [2.05, 4.69) is 6.58 Å². The van der Waals surface area contributed by atoms with Gasteiger partial charge in [0.2, 0.25) is 0 Å². The van der Waals surface area contributed by atoms with E-state index in [0.29, 0.717) is 0 Å². The summed E-state index contributed by atoms with van der Waals surface area (Å²) in [5.41, 5.74) is 0. The molecule has 7 heavy (non-hydrogen) atoms. The van der Waals surface area contributed by atoms with Crippen LogP contribution in [-0.4, -0.2) is 12.0 Å². The van der Waals surface area contributed by atoms with Crippen LogP contribution in [0.5, 0.6) is 0 Å². The van der Waals surface area contributed by atoms with Crippen molar-refractivity contribution in [1.29, 1.82) is 0 Å². The monoisotopic (exact) mass is 103 g/mol. The Balaban J connectivity index is 0. The van der Waals surface area contributed by atoms with Crippen LogP contribution in [0.1, 0.15) is 6.92 Å². The zero-order chi connectivity index (χ0) is 6.28. The maximum absolute atomic E-state index is 8.81. The Labute approximate surface area is 42.8 Å². The second kappa shape index (κ2) is 8.94. The van der Waals surface area contributed by atoms with Crippen molar-refractivity contribution in [3.8, 4) is 0 Å². The highest BCUT2D eigenvalue weighted by molar-refractivity contribution is 4.51. The van der Waals surface area contributed by atoms with E-state index < -0.39 is 4.92 Å². The highest BCUT2D eigenvalue weighted by Gasteiger charge is 1.57. The molecule has 0 aromatic carbocycles. The smallest absolute Gasteiger partial charge is 0.194 e. The molecule has 0 unspecified atom stereocenters. The van der Waals surface area contributed by atoms with Gasteiger partial charge in [-0.15, -0.1) is 6.58 Å². The molecule has 0 spiro atoms. The normalized spacial score (nSPS) is 5.43. The largest absolute Gasteiger partial charge is 0.265 e. The second-order valence-electron chi connectivity index (χ2n) is 0.848. The SMILES string of the molecule is C=CC.C[N+](=O)[O-]. The first kappa shape index (κ1) is 9.46. The molecule has 0 aliphatic heterocycles. The molecule has 0 saturated carbocycles. The third-order valence-electron chi connectivity index (χ3n) is 0. The van der Waals surface area contributed by atoms with E-state index in [-0.39, 0.29) is 0 Å². The van der Waals surface area contributed by atoms with Crippen molar-refractivity contribution in [2.45, 2.75) is 6.92 Å². The molecule has 0 rings (SSSR count). The summed E-state index contributed by atoms with van der Waals surface area (Å²) in [5.74, 6) is 0. The summed E-state index contributed by atoms with van der Waals surface area (Å²) in [6.45, 7) is 5.25. The zero-order valence-electron chi connectivity index (χ0n) is 4.55. The van der Waals surface area contributed by atoms with Gasteiger partial charge < -0.3 is 0 Å². The van der Waals surface area contributed by atoms with Gasteiger partial charge in [0, 0.05) is 4.92 Å². The summed E-state index contributed by atoms with van der Waals surface area (Å²) in [5, 5.41) is 8.81. The van der Waals surface area contributed by atoms with Crippen molar-refractivity contribution in [2.24, 2.45) is 0 Å². The van der Waals surface area contributed by atoms with E-state index in [1.54, 1.807) is 6.08 Å². The van der Waals surface area contributed by atoms with Crippen molar-refractivity contribution in [2.75, 3.05) is 7.05 Å². The van der Waals surface area contributed by atoms with Crippen molar-refractivity contribution >= 4 is 0 Å². The molecule has 0 aromatic heterocycles. The summed E-state index contributed by atoms with van der Waals surface area (Å²) in [7, 11) is 0.889. The molecular weight excluding hydrogens is 94.0 g/mol. The number of nitrogens with zero attached hydrogens (tertiary/aromatic N) is 1. The molecule has 0 fully saturated rings. The predicted octanol–water partition coefficient (Wildman–Crippen LogP) is 1.09. The minimum Gasteiger partial charge on any atom is -0.265 e. The van der Waals surface area contributed by atoms with E-state index in [1.807, 2.05) is 6.92 Å². The van der Waals surface area contributed by atoms with Crippen LogP contribution in [0, 0.1) is 10.1 Å². The van der Waals surface area contributed by atoms with Gasteiger partial charge in [-0.25, -0.2) is 0 Å². The van der Waals surface area contributed by atoms with Crippen LogP contribution in [-0.2, 0) is 0 Å². The van der Waals surface area contributed by atoms with Gasteiger partial charge in [0.05, 0.1) is 0 Å². The molecule has 3 heteroatoms. The lowest BCUT2D eigenvalue weighted by Crippen LogP contribution is -1.79. The topological polar surface area (TPSA) is 43.1 Å². The number of hydrogen-bond donors (Lipinski definition) is 0. The van der Waals surface area contributed by atoms with Crippen molar-refractivity contribution in [3.05, 3.63) is 22.8 Å². The molecule has 0 bridgehead atoms. The second-order valence-corrected chi connectivity index (χ2v) is 0.848. The maximum Gasteiger partial charge on any atom is 0.194 e. The minimum absolute atomic E-state index is 0.500. The molecule has 0 radical (unpaired) electrons. The Morgan fingerprint density at radius 3 is 1.86 bits per heavy atom. The lowest BCUT2D eigenvalue weighted by atomic mass is 10.8. The molecule has 0 heterocycles. The fourth-order valence-electron chi connectivity index (χ4n) is 0. The van der Waals surface area contributed by atoms with Gasteiger partial charge in [-0.2, -0.15) is 0 Å². The Hall–Kier alpha value is -0.860. The molecule has 42 valence electrons. The quantitative estimate of drug-likeness (QED) is 0.261. The van der Waals surface area contributed by atoms with E-state index in [4.69, 9.17) is 10.1 Å². The van der Waals surface area contributed by atoms with E-state index in [9.17, 15) is 0 Å². The first-order chi connectivity index (χ1) is 3.15. The molecule has 0 aliphatic carbocycles. The predicted molar refractivity (Wildman–Crippen MR) is 28.8 cm³/mol. The molecule has 0 aromatic rings. The fraction of sp³-hybridized carbons (Fsp3) is 0.500.